The lowest BCUT2D eigenvalue weighted by Gasteiger charge is -2.29. The maximum absolute atomic E-state index is 12.9. The Balaban J connectivity index is 1.59. The number of carboxylic acid groups (broad SMARTS) is 1. The molecule has 3 heterocycles. The number of hydrogen-bond acceptors (Lipinski definition) is 5. The number of aromatic nitrogens is 1. The second-order valence-electron chi connectivity index (χ2n) is 7.20. The van der Waals surface area contributed by atoms with Gasteiger partial charge in [-0.1, -0.05) is 23.2 Å². The smallest absolute Gasteiger partial charge is 0.325 e. The van der Waals surface area contributed by atoms with Crippen LogP contribution in [0.5, 0.6) is 0 Å². The molecule has 0 aliphatic carbocycles. The number of amides is 2. The number of pyridine rings is 1. The molecule has 1 atom stereocenters. The number of aliphatic carboxylic acids is 1. The van der Waals surface area contributed by atoms with E-state index in [1.165, 1.54) is 6.92 Å². The lowest BCUT2D eigenvalue weighted by Crippen LogP contribution is -2.39. The van der Waals surface area contributed by atoms with Crippen molar-refractivity contribution in [2.45, 2.75) is 25.9 Å². The number of hydrogen-bond donors (Lipinski definition) is 2. The van der Waals surface area contributed by atoms with Gasteiger partial charge in [0.2, 0.25) is 5.71 Å². The van der Waals surface area contributed by atoms with Gasteiger partial charge in [-0.25, -0.2) is 4.98 Å². The molecule has 0 unspecified atom stereocenters. The minimum atomic E-state index is -1.17. The van der Waals surface area contributed by atoms with Crippen LogP contribution in [0, 0.1) is 0 Å². The van der Waals surface area contributed by atoms with Gasteiger partial charge < -0.3 is 19.7 Å². The van der Waals surface area contributed by atoms with Crippen LogP contribution in [0.25, 0.3) is 11.1 Å². The number of halogens is 2. The zero-order valence-corrected chi connectivity index (χ0v) is 17.8. The number of rotatable bonds is 4. The summed E-state index contributed by atoms with van der Waals surface area (Å²) >= 11 is 12.8. The Bertz CT molecular complexity index is 1190. The molecule has 3 aromatic rings. The van der Waals surface area contributed by atoms with Gasteiger partial charge in [-0.15, -0.1) is 0 Å². The van der Waals surface area contributed by atoms with E-state index in [9.17, 15) is 14.4 Å². The molecule has 10 heteroatoms. The topological polar surface area (TPSA) is 113 Å². The van der Waals surface area contributed by atoms with Crippen LogP contribution in [0.2, 0.25) is 10.0 Å². The lowest BCUT2D eigenvalue weighted by atomic mass is 9.96. The zero-order chi connectivity index (χ0) is 22.3. The molecule has 1 aromatic carbocycles. The van der Waals surface area contributed by atoms with Crippen molar-refractivity contribution < 1.29 is 23.9 Å². The van der Waals surface area contributed by atoms with E-state index in [0.717, 1.165) is 5.39 Å². The van der Waals surface area contributed by atoms with Gasteiger partial charge in [0.25, 0.3) is 11.8 Å². The molecule has 1 aliphatic heterocycles. The van der Waals surface area contributed by atoms with E-state index in [0.29, 0.717) is 29.8 Å². The number of nitrogens with one attached hydrogen (secondary N) is 1. The van der Waals surface area contributed by atoms with Crippen molar-refractivity contribution in [2.75, 3.05) is 6.54 Å². The summed E-state index contributed by atoms with van der Waals surface area (Å²) in [6, 6.07) is 5.71. The number of carbonyl (C=O) groups excluding carboxylic acids is 2. The van der Waals surface area contributed by atoms with Crippen molar-refractivity contribution in [1.82, 2.24) is 15.2 Å². The van der Waals surface area contributed by atoms with Gasteiger partial charge in [0.15, 0.2) is 5.76 Å². The number of carbonyl (C=O) groups is 3. The van der Waals surface area contributed by atoms with Crippen LogP contribution in [0.1, 0.15) is 39.0 Å². The second kappa shape index (κ2) is 8.20. The van der Waals surface area contributed by atoms with Gasteiger partial charge in [0.05, 0.1) is 15.6 Å². The fourth-order valence-corrected chi connectivity index (χ4v) is 4.26. The van der Waals surface area contributed by atoms with Crippen LogP contribution in [0.4, 0.5) is 0 Å². The Morgan fingerprint density at radius 1 is 1.29 bits per heavy atom. The first-order valence-corrected chi connectivity index (χ1v) is 10.2. The summed E-state index contributed by atoms with van der Waals surface area (Å²) in [5.41, 5.74) is 1.83. The molecule has 2 amide bonds. The van der Waals surface area contributed by atoms with Gasteiger partial charge in [0, 0.05) is 24.7 Å². The van der Waals surface area contributed by atoms with E-state index in [-0.39, 0.29) is 33.8 Å². The molecule has 8 nitrogen and oxygen atoms in total. The lowest BCUT2D eigenvalue weighted by molar-refractivity contribution is -0.138. The van der Waals surface area contributed by atoms with Crippen LogP contribution in [0.15, 0.2) is 34.9 Å². The highest BCUT2D eigenvalue weighted by atomic mass is 35.5. The average Bonchev–Trinajstić information content (AvgIpc) is 3.16. The number of fused-ring (bicyclic) bond motifs is 2. The molecule has 0 bridgehead atoms. The third-order valence-corrected chi connectivity index (χ3v) is 5.86. The number of carboxylic acids is 1. The molecule has 160 valence electrons. The Morgan fingerprint density at radius 2 is 2.06 bits per heavy atom. The van der Waals surface area contributed by atoms with E-state index in [2.05, 4.69) is 10.3 Å². The largest absolute Gasteiger partial charge is 0.480 e. The van der Waals surface area contributed by atoms with E-state index in [4.69, 9.17) is 32.7 Å². The van der Waals surface area contributed by atoms with Crippen LogP contribution in [-0.2, 0) is 17.8 Å². The second-order valence-corrected chi connectivity index (χ2v) is 7.99. The summed E-state index contributed by atoms with van der Waals surface area (Å²) < 4.78 is 5.57. The number of benzene rings is 1. The fraction of sp³-hybridized carbons (Fsp3) is 0.238. The number of nitrogens with zero attached hydrogens (tertiary/aromatic N) is 2. The van der Waals surface area contributed by atoms with Gasteiger partial charge in [-0.2, -0.15) is 0 Å². The Labute approximate surface area is 186 Å². The van der Waals surface area contributed by atoms with Crippen LogP contribution in [0.3, 0.4) is 0 Å². The highest BCUT2D eigenvalue weighted by Gasteiger charge is 2.29. The predicted octanol–water partition coefficient (Wildman–Crippen LogP) is 3.54. The van der Waals surface area contributed by atoms with Crippen molar-refractivity contribution in [2.24, 2.45) is 0 Å². The minimum Gasteiger partial charge on any atom is -0.480 e. The Kier molecular flexibility index (Phi) is 5.60. The first-order chi connectivity index (χ1) is 14.8. The summed E-state index contributed by atoms with van der Waals surface area (Å²) in [7, 11) is 0. The molecule has 1 aliphatic rings. The number of furan rings is 1. The van der Waals surface area contributed by atoms with Crippen molar-refractivity contribution in [3.05, 3.63) is 63.0 Å². The summed E-state index contributed by atoms with van der Waals surface area (Å²) in [5.74, 6) is -1.93. The molecule has 2 N–H and O–H groups in total. The Hall–Kier alpha value is -3.10. The highest BCUT2D eigenvalue weighted by molar-refractivity contribution is 6.40. The van der Waals surface area contributed by atoms with Crippen LogP contribution in [-0.4, -0.2) is 45.4 Å². The normalized spacial score (nSPS) is 14.2. The molecule has 4 rings (SSSR count). The summed E-state index contributed by atoms with van der Waals surface area (Å²) in [6.07, 6.45) is 2.00. The van der Waals surface area contributed by atoms with Crippen molar-refractivity contribution in [1.29, 1.82) is 0 Å². The fourth-order valence-electron chi connectivity index (χ4n) is 3.50. The first kappa shape index (κ1) is 21.1. The summed E-state index contributed by atoms with van der Waals surface area (Å²) in [6.45, 7) is 1.95. The summed E-state index contributed by atoms with van der Waals surface area (Å²) in [4.78, 5) is 42.2. The predicted molar refractivity (Wildman–Crippen MR) is 113 cm³/mol. The van der Waals surface area contributed by atoms with Crippen molar-refractivity contribution >= 4 is 52.1 Å². The van der Waals surface area contributed by atoms with Gasteiger partial charge >= 0.3 is 5.97 Å². The molecular formula is C21H17Cl2N3O5. The molecule has 0 fully saturated rings. The van der Waals surface area contributed by atoms with Crippen molar-refractivity contribution in [3.8, 4) is 0 Å². The van der Waals surface area contributed by atoms with Crippen molar-refractivity contribution in [3.63, 3.8) is 0 Å². The molecule has 31 heavy (non-hydrogen) atoms. The SMILES string of the molecule is C[C@H](NC(=O)c1c(Cl)cc2c(c1Cl)CCN(C(=O)c1cc3cccnc3o1)C2)C(=O)O. The minimum absolute atomic E-state index is 0.0262. The third-order valence-electron chi connectivity index (χ3n) is 5.14. The van der Waals surface area contributed by atoms with Crippen LogP contribution < -0.4 is 5.32 Å². The highest BCUT2D eigenvalue weighted by Crippen LogP contribution is 2.35. The average molecular weight is 462 g/mol. The van der Waals surface area contributed by atoms with E-state index >= 15 is 0 Å². The molecule has 2 aromatic heterocycles. The third kappa shape index (κ3) is 3.96. The quantitative estimate of drug-likeness (QED) is 0.614. The Morgan fingerprint density at radius 3 is 2.77 bits per heavy atom. The zero-order valence-electron chi connectivity index (χ0n) is 16.3. The van der Waals surface area contributed by atoms with Gasteiger partial charge in [0.1, 0.15) is 6.04 Å². The first-order valence-electron chi connectivity index (χ1n) is 9.43. The monoisotopic (exact) mass is 461 g/mol. The van der Waals surface area contributed by atoms with E-state index in [1.807, 2.05) is 6.07 Å². The van der Waals surface area contributed by atoms with Crippen LogP contribution >= 0.6 is 23.2 Å². The molecule has 0 saturated heterocycles. The molecule has 0 spiro atoms. The maximum atomic E-state index is 12.9. The summed E-state index contributed by atoms with van der Waals surface area (Å²) in [5, 5.41) is 12.3. The van der Waals surface area contributed by atoms with E-state index in [1.54, 1.807) is 29.3 Å². The molecular weight excluding hydrogens is 445 g/mol. The standard InChI is InChI=1S/C21H17Cl2N3O5/c1-10(21(29)30)25-18(27)16-14(22)7-12-9-26(6-4-13(12)17(16)23)20(28)15-8-11-3-2-5-24-19(11)31-15/h2-3,5,7-8,10H,4,6,9H2,1H3,(H,25,27)(H,29,30)/t10-/m0/s1. The maximum Gasteiger partial charge on any atom is 0.325 e. The molecule has 0 radical (unpaired) electrons. The van der Waals surface area contributed by atoms with Gasteiger partial charge in [-0.3, -0.25) is 14.4 Å². The molecule has 0 saturated carbocycles. The van der Waals surface area contributed by atoms with Gasteiger partial charge in [-0.05, 0) is 48.7 Å². The van der Waals surface area contributed by atoms with E-state index < -0.39 is 17.9 Å².